The summed E-state index contributed by atoms with van der Waals surface area (Å²) in [5, 5.41) is 0. The third-order valence-electron chi connectivity index (χ3n) is 5.95. The number of piperazine rings is 1. The van der Waals surface area contributed by atoms with E-state index < -0.39 is 0 Å². The average molecular weight is 346 g/mol. The smallest absolute Gasteiger partial charge is 0.225 e. The zero-order valence-corrected chi connectivity index (χ0v) is 15.4. The van der Waals surface area contributed by atoms with Crippen molar-refractivity contribution < 1.29 is 9.18 Å². The lowest BCUT2D eigenvalue weighted by Crippen LogP contribution is -2.50. The molecule has 1 aromatic rings. The number of hydrogen-bond donors (Lipinski definition) is 0. The molecule has 0 unspecified atom stereocenters. The van der Waals surface area contributed by atoms with Gasteiger partial charge in [0, 0.05) is 37.8 Å². The molecule has 138 valence electrons. The Hall–Kier alpha value is -1.58. The molecule has 3 nitrogen and oxygen atoms in total. The summed E-state index contributed by atoms with van der Waals surface area (Å²) in [6.07, 6.45) is 8.55. The summed E-state index contributed by atoms with van der Waals surface area (Å²) in [5.41, 5.74) is 1.05. The van der Waals surface area contributed by atoms with Crippen LogP contribution in [0.25, 0.3) is 0 Å². The monoisotopic (exact) mass is 346 g/mol. The maximum atomic E-state index is 13.1. The van der Waals surface area contributed by atoms with Crippen molar-refractivity contribution in [3.05, 3.63) is 30.1 Å². The molecule has 0 radical (unpaired) electrons. The molecule has 0 N–H and O–H groups in total. The summed E-state index contributed by atoms with van der Waals surface area (Å²) in [6.45, 7) is 5.49. The molecule has 4 heteroatoms. The fourth-order valence-electron chi connectivity index (χ4n) is 4.29. The highest BCUT2D eigenvalue weighted by Gasteiger charge is 2.30. The number of hydrogen-bond acceptors (Lipinski definition) is 2. The quantitative estimate of drug-likeness (QED) is 0.785. The van der Waals surface area contributed by atoms with Crippen molar-refractivity contribution in [3.8, 4) is 0 Å². The molecule has 2 aliphatic rings. The number of carbonyl (C=O) groups excluding carboxylic acids is 1. The molecule has 1 saturated heterocycles. The first-order valence-corrected chi connectivity index (χ1v) is 9.96. The molecule has 1 heterocycles. The van der Waals surface area contributed by atoms with Gasteiger partial charge >= 0.3 is 0 Å². The van der Waals surface area contributed by atoms with Crippen LogP contribution in [0.5, 0.6) is 0 Å². The summed E-state index contributed by atoms with van der Waals surface area (Å²) in [6, 6.07) is 6.66. The minimum atomic E-state index is -0.202. The van der Waals surface area contributed by atoms with Gasteiger partial charge in [0.15, 0.2) is 0 Å². The predicted octanol–water partition coefficient (Wildman–Crippen LogP) is 4.47. The van der Waals surface area contributed by atoms with Gasteiger partial charge in [-0.15, -0.1) is 0 Å². The fourth-order valence-corrected chi connectivity index (χ4v) is 4.29. The number of rotatable bonds is 5. The van der Waals surface area contributed by atoms with Gasteiger partial charge in [-0.1, -0.05) is 26.2 Å². The van der Waals surface area contributed by atoms with Crippen molar-refractivity contribution in [1.29, 1.82) is 0 Å². The summed E-state index contributed by atoms with van der Waals surface area (Å²) >= 11 is 0. The van der Waals surface area contributed by atoms with E-state index in [1.807, 2.05) is 12.1 Å². The maximum Gasteiger partial charge on any atom is 0.225 e. The van der Waals surface area contributed by atoms with E-state index in [1.165, 1.54) is 44.2 Å². The molecule has 0 bridgehead atoms. The van der Waals surface area contributed by atoms with Crippen LogP contribution in [0.2, 0.25) is 0 Å². The van der Waals surface area contributed by atoms with Gasteiger partial charge in [0.05, 0.1) is 0 Å². The van der Waals surface area contributed by atoms with E-state index in [-0.39, 0.29) is 11.7 Å². The number of anilines is 1. The van der Waals surface area contributed by atoms with Crippen molar-refractivity contribution in [2.24, 2.45) is 11.8 Å². The molecular formula is C21H31FN2O. The second kappa shape index (κ2) is 8.68. The molecule has 3 rings (SSSR count). The Morgan fingerprint density at radius 2 is 1.68 bits per heavy atom. The Morgan fingerprint density at radius 1 is 1.04 bits per heavy atom. The molecule has 1 aliphatic carbocycles. The molecular weight excluding hydrogens is 315 g/mol. The van der Waals surface area contributed by atoms with Crippen LogP contribution in [0, 0.1) is 17.7 Å². The Kier molecular flexibility index (Phi) is 6.33. The minimum absolute atomic E-state index is 0.202. The van der Waals surface area contributed by atoms with Gasteiger partial charge in [0.2, 0.25) is 5.91 Å². The highest BCUT2D eigenvalue weighted by atomic mass is 19.1. The molecule has 25 heavy (non-hydrogen) atoms. The zero-order valence-electron chi connectivity index (χ0n) is 15.4. The van der Waals surface area contributed by atoms with E-state index in [0.29, 0.717) is 5.91 Å². The van der Waals surface area contributed by atoms with Gasteiger partial charge in [0.25, 0.3) is 0 Å². The van der Waals surface area contributed by atoms with Crippen LogP contribution in [0.1, 0.15) is 51.9 Å². The molecule has 1 amide bonds. The van der Waals surface area contributed by atoms with E-state index in [0.717, 1.165) is 50.6 Å². The summed E-state index contributed by atoms with van der Waals surface area (Å²) in [5.74, 6) is 1.26. The summed E-state index contributed by atoms with van der Waals surface area (Å²) in [7, 11) is 0. The first kappa shape index (κ1) is 18.2. The average Bonchev–Trinajstić information content (AvgIpc) is 2.67. The number of benzene rings is 1. The predicted molar refractivity (Wildman–Crippen MR) is 100 cm³/mol. The summed E-state index contributed by atoms with van der Waals surface area (Å²) in [4.78, 5) is 17.1. The normalized spacial score (nSPS) is 24.4. The Morgan fingerprint density at radius 3 is 2.28 bits per heavy atom. The van der Waals surface area contributed by atoms with Crippen molar-refractivity contribution >= 4 is 11.6 Å². The van der Waals surface area contributed by atoms with Crippen LogP contribution < -0.4 is 4.90 Å². The Labute approximate surface area is 151 Å². The lowest BCUT2D eigenvalue weighted by molar-refractivity contribution is -0.137. The first-order chi connectivity index (χ1) is 12.2. The molecule has 2 fully saturated rings. The van der Waals surface area contributed by atoms with E-state index in [2.05, 4.69) is 16.7 Å². The van der Waals surface area contributed by atoms with E-state index in [1.54, 1.807) is 0 Å². The number of carbonyl (C=O) groups is 1. The third-order valence-corrected chi connectivity index (χ3v) is 5.95. The van der Waals surface area contributed by atoms with Crippen molar-refractivity contribution in [2.45, 2.75) is 51.9 Å². The lowest BCUT2D eigenvalue weighted by atomic mass is 9.79. The number of halogens is 1. The van der Waals surface area contributed by atoms with Crippen LogP contribution in [-0.4, -0.2) is 37.0 Å². The Bertz CT molecular complexity index is 544. The highest BCUT2D eigenvalue weighted by molar-refractivity contribution is 5.79. The molecule has 1 aromatic carbocycles. The van der Waals surface area contributed by atoms with E-state index >= 15 is 0 Å². The van der Waals surface area contributed by atoms with Crippen molar-refractivity contribution in [1.82, 2.24) is 4.90 Å². The highest BCUT2D eigenvalue weighted by Crippen LogP contribution is 2.33. The van der Waals surface area contributed by atoms with Crippen LogP contribution in [0.3, 0.4) is 0 Å². The number of nitrogens with zero attached hydrogens (tertiary/aromatic N) is 2. The van der Waals surface area contributed by atoms with Crippen molar-refractivity contribution in [3.63, 3.8) is 0 Å². The molecule has 0 atom stereocenters. The van der Waals surface area contributed by atoms with Crippen LogP contribution >= 0.6 is 0 Å². The number of unbranched alkanes of at least 4 members (excludes halogenated alkanes) is 1. The minimum Gasteiger partial charge on any atom is -0.368 e. The molecule has 0 spiro atoms. The molecule has 1 aliphatic heterocycles. The van der Waals surface area contributed by atoms with E-state index in [9.17, 15) is 9.18 Å². The Balaban J connectivity index is 1.45. The van der Waals surface area contributed by atoms with E-state index in [4.69, 9.17) is 0 Å². The second-order valence-corrected chi connectivity index (χ2v) is 7.65. The summed E-state index contributed by atoms with van der Waals surface area (Å²) < 4.78 is 13.1. The fraction of sp³-hybridized carbons (Fsp3) is 0.667. The zero-order chi connectivity index (χ0) is 17.6. The van der Waals surface area contributed by atoms with Gasteiger partial charge in [0.1, 0.15) is 5.82 Å². The van der Waals surface area contributed by atoms with Gasteiger partial charge in [-0.25, -0.2) is 4.39 Å². The van der Waals surface area contributed by atoms with Crippen molar-refractivity contribution in [2.75, 3.05) is 31.1 Å². The lowest BCUT2D eigenvalue weighted by Gasteiger charge is -2.39. The van der Waals surface area contributed by atoms with Crippen LogP contribution in [-0.2, 0) is 4.79 Å². The van der Waals surface area contributed by atoms with Gasteiger partial charge in [-0.05, 0) is 55.9 Å². The molecule has 0 aromatic heterocycles. The standard InChI is InChI=1S/C21H31FN2O/c1-2-3-4-17-5-7-18(8-6-17)21(25)24-15-13-23(14-16-24)20-11-9-19(22)10-12-20/h9-12,17-18H,2-8,13-16H2,1H3. The van der Waals surface area contributed by atoms with Gasteiger partial charge < -0.3 is 9.80 Å². The second-order valence-electron chi connectivity index (χ2n) is 7.65. The number of amides is 1. The first-order valence-electron chi connectivity index (χ1n) is 9.96. The van der Waals surface area contributed by atoms with Crippen LogP contribution in [0.4, 0.5) is 10.1 Å². The SMILES string of the molecule is CCCCC1CCC(C(=O)N2CCN(c3ccc(F)cc3)CC2)CC1. The molecule has 1 saturated carbocycles. The van der Waals surface area contributed by atoms with Crippen LogP contribution in [0.15, 0.2) is 24.3 Å². The third kappa shape index (κ3) is 4.74. The maximum absolute atomic E-state index is 13.1. The van der Waals surface area contributed by atoms with Gasteiger partial charge in [-0.3, -0.25) is 4.79 Å². The largest absolute Gasteiger partial charge is 0.368 e. The topological polar surface area (TPSA) is 23.6 Å². The van der Waals surface area contributed by atoms with Gasteiger partial charge in [-0.2, -0.15) is 0 Å².